The van der Waals surface area contributed by atoms with Gasteiger partial charge >= 0.3 is 0 Å². The molecule has 0 amide bonds. The van der Waals surface area contributed by atoms with Crippen molar-refractivity contribution in [3.8, 4) is 0 Å². The number of benzene rings is 2. The zero-order valence-electron chi connectivity index (χ0n) is 12.9. The third kappa shape index (κ3) is 3.24. The number of sulfonamides is 1. The van der Waals surface area contributed by atoms with E-state index in [0.29, 0.717) is 23.3 Å². The number of rotatable bonds is 5. The van der Waals surface area contributed by atoms with Gasteiger partial charge in [0.05, 0.1) is 30.2 Å². The topological polar surface area (TPSA) is 89.8 Å². The van der Waals surface area contributed by atoms with Crippen LogP contribution in [0.2, 0.25) is 0 Å². The lowest BCUT2D eigenvalue weighted by molar-refractivity contribution is 0.602. The summed E-state index contributed by atoms with van der Waals surface area (Å²) in [6.07, 6.45) is 3.14. The minimum absolute atomic E-state index is 0.106. The van der Waals surface area contributed by atoms with Gasteiger partial charge < -0.3 is 0 Å². The largest absolute Gasteiger partial charge is 0.276 e. The first kappa shape index (κ1) is 15.7. The van der Waals surface area contributed by atoms with Crippen LogP contribution in [0, 0.1) is 0 Å². The van der Waals surface area contributed by atoms with Gasteiger partial charge in [0.1, 0.15) is 15.9 Å². The molecule has 2 aromatic carbocycles. The minimum atomic E-state index is -3.77. The van der Waals surface area contributed by atoms with Crippen LogP contribution >= 0.6 is 11.7 Å². The van der Waals surface area contributed by atoms with Crippen LogP contribution in [0.15, 0.2) is 65.8 Å². The smallest absolute Gasteiger partial charge is 0.264 e. The van der Waals surface area contributed by atoms with Crippen LogP contribution in [0.1, 0.15) is 5.56 Å². The van der Waals surface area contributed by atoms with Crippen molar-refractivity contribution >= 4 is 38.5 Å². The molecule has 1 N–H and O–H groups in total. The van der Waals surface area contributed by atoms with Crippen molar-refractivity contribution in [2.45, 2.75) is 11.4 Å². The molecule has 25 heavy (non-hydrogen) atoms. The maximum Gasteiger partial charge on any atom is 0.264 e. The molecule has 0 aliphatic carbocycles. The monoisotopic (exact) mass is 371 g/mol. The van der Waals surface area contributed by atoms with Gasteiger partial charge in [-0.25, -0.2) is 8.42 Å². The SMILES string of the molecule is O=S(=O)(Nc1cnn(Cc2ccccc2)c1)c1cccc2nsnc12. The summed E-state index contributed by atoms with van der Waals surface area (Å²) in [4.78, 5) is 0.106. The van der Waals surface area contributed by atoms with E-state index in [-0.39, 0.29) is 4.90 Å². The van der Waals surface area contributed by atoms with Gasteiger partial charge in [-0.05, 0) is 17.7 Å². The number of fused-ring (bicyclic) bond motifs is 1. The van der Waals surface area contributed by atoms with Gasteiger partial charge in [-0.2, -0.15) is 13.8 Å². The standard InChI is InChI=1S/C16H13N5O2S2/c22-25(23,15-8-4-7-14-16(15)19-24-18-14)20-13-9-17-21(11-13)10-12-5-2-1-3-6-12/h1-9,11,20H,10H2. The van der Waals surface area contributed by atoms with Gasteiger partial charge in [-0.1, -0.05) is 36.4 Å². The fourth-order valence-corrected chi connectivity index (χ4v) is 4.28. The van der Waals surface area contributed by atoms with Crippen molar-refractivity contribution < 1.29 is 8.42 Å². The van der Waals surface area contributed by atoms with Crippen molar-refractivity contribution in [3.63, 3.8) is 0 Å². The molecular formula is C16H13N5O2S2. The Kier molecular flexibility index (Phi) is 3.94. The number of anilines is 1. The summed E-state index contributed by atoms with van der Waals surface area (Å²) in [5, 5.41) is 4.21. The summed E-state index contributed by atoms with van der Waals surface area (Å²) in [5.74, 6) is 0. The highest BCUT2D eigenvalue weighted by molar-refractivity contribution is 7.93. The molecule has 9 heteroatoms. The van der Waals surface area contributed by atoms with E-state index in [1.807, 2.05) is 30.3 Å². The van der Waals surface area contributed by atoms with E-state index in [4.69, 9.17) is 0 Å². The van der Waals surface area contributed by atoms with Crippen molar-refractivity contribution in [2.24, 2.45) is 0 Å². The Morgan fingerprint density at radius 1 is 1.04 bits per heavy atom. The van der Waals surface area contributed by atoms with E-state index in [1.165, 1.54) is 12.3 Å². The fourth-order valence-electron chi connectivity index (χ4n) is 2.48. The van der Waals surface area contributed by atoms with Crippen LogP contribution in [0.3, 0.4) is 0 Å². The first-order valence-corrected chi connectivity index (χ1v) is 9.64. The lowest BCUT2D eigenvalue weighted by atomic mass is 10.2. The van der Waals surface area contributed by atoms with Crippen LogP contribution in [0.4, 0.5) is 5.69 Å². The van der Waals surface area contributed by atoms with Crippen molar-refractivity contribution in [1.82, 2.24) is 18.5 Å². The van der Waals surface area contributed by atoms with Crippen LogP contribution in [-0.2, 0) is 16.6 Å². The van der Waals surface area contributed by atoms with Gasteiger partial charge in [0.2, 0.25) is 0 Å². The van der Waals surface area contributed by atoms with E-state index in [0.717, 1.165) is 17.3 Å². The fraction of sp³-hybridized carbons (Fsp3) is 0.0625. The highest BCUT2D eigenvalue weighted by Crippen LogP contribution is 2.23. The third-order valence-electron chi connectivity index (χ3n) is 3.61. The zero-order valence-corrected chi connectivity index (χ0v) is 14.5. The Bertz CT molecular complexity index is 1120. The van der Waals surface area contributed by atoms with E-state index >= 15 is 0 Å². The lowest BCUT2D eigenvalue weighted by Gasteiger charge is -2.06. The van der Waals surface area contributed by atoms with E-state index in [9.17, 15) is 8.42 Å². The molecule has 0 aliphatic heterocycles. The van der Waals surface area contributed by atoms with Crippen molar-refractivity contribution in [3.05, 3.63) is 66.5 Å². The van der Waals surface area contributed by atoms with Crippen LogP contribution in [0.25, 0.3) is 11.0 Å². The summed E-state index contributed by atoms with van der Waals surface area (Å²) in [5.41, 5.74) is 2.42. The van der Waals surface area contributed by atoms with Crippen LogP contribution in [-0.4, -0.2) is 26.9 Å². The highest BCUT2D eigenvalue weighted by Gasteiger charge is 2.20. The Morgan fingerprint density at radius 3 is 2.72 bits per heavy atom. The first-order chi connectivity index (χ1) is 12.1. The Labute approximate surface area is 148 Å². The normalized spacial score (nSPS) is 11.7. The molecule has 2 aromatic heterocycles. The molecule has 4 rings (SSSR count). The summed E-state index contributed by atoms with van der Waals surface area (Å²) < 4.78 is 37.7. The number of aromatic nitrogens is 4. The Morgan fingerprint density at radius 2 is 1.88 bits per heavy atom. The van der Waals surface area contributed by atoms with Gasteiger partial charge in [0, 0.05) is 6.20 Å². The second-order valence-electron chi connectivity index (χ2n) is 5.41. The first-order valence-electron chi connectivity index (χ1n) is 7.42. The molecule has 0 spiro atoms. The molecule has 0 saturated heterocycles. The van der Waals surface area contributed by atoms with Crippen molar-refractivity contribution in [1.29, 1.82) is 0 Å². The quantitative estimate of drug-likeness (QED) is 0.583. The number of hydrogen-bond donors (Lipinski definition) is 1. The molecule has 7 nitrogen and oxygen atoms in total. The highest BCUT2D eigenvalue weighted by atomic mass is 32.2. The van der Waals surface area contributed by atoms with Gasteiger partial charge in [0.25, 0.3) is 10.0 Å². The molecule has 2 heterocycles. The molecule has 0 saturated carbocycles. The van der Waals surface area contributed by atoms with E-state index in [1.54, 1.807) is 23.0 Å². The number of hydrogen-bond acceptors (Lipinski definition) is 6. The second-order valence-corrected chi connectivity index (χ2v) is 7.59. The number of nitrogens with zero attached hydrogens (tertiary/aromatic N) is 4. The van der Waals surface area contributed by atoms with Crippen molar-refractivity contribution in [2.75, 3.05) is 4.72 Å². The maximum absolute atomic E-state index is 12.7. The molecule has 126 valence electrons. The summed E-state index contributed by atoms with van der Waals surface area (Å²) in [6, 6.07) is 14.7. The average Bonchev–Trinajstić information content (AvgIpc) is 3.24. The average molecular weight is 371 g/mol. The maximum atomic E-state index is 12.7. The molecule has 0 unspecified atom stereocenters. The summed E-state index contributed by atoms with van der Waals surface area (Å²) in [7, 11) is -3.77. The molecule has 0 bridgehead atoms. The summed E-state index contributed by atoms with van der Waals surface area (Å²) >= 11 is 0.986. The molecule has 0 radical (unpaired) electrons. The predicted molar refractivity (Wildman–Crippen MR) is 96.0 cm³/mol. The van der Waals surface area contributed by atoms with Gasteiger partial charge in [0.15, 0.2) is 0 Å². The van der Waals surface area contributed by atoms with Gasteiger partial charge in [-0.3, -0.25) is 9.40 Å². The number of nitrogens with one attached hydrogen (secondary N) is 1. The molecule has 0 atom stereocenters. The predicted octanol–water partition coefficient (Wildman–Crippen LogP) is 2.74. The minimum Gasteiger partial charge on any atom is -0.276 e. The van der Waals surface area contributed by atoms with Gasteiger partial charge in [-0.15, -0.1) is 0 Å². The van der Waals surface area contributed by atoms with E-state index in [2.05, 4.69) is 18.6 Å². The van der Waals surface area contributed by atoms with Crippen LogP contribution in [0.5, 0.6) is 0 Å². The molecule has 0 fully saturated rings. The van der Waals surface area contributed by atoms with E-state index < -0.39 is 10.0 Å². The Balaban J connectivity index is 1.58. The molecular weight excluding hydrogens is 358 g/mol. The lowest BCUT2D eigenvalue weighted by Crippen LogP contribution is -2.13. The zero-order chi connectivity index (χ0) is 17.3. The second kappa shape index (κ2) is 6.26. The summed E-state index contributed by atoms with van der Waals surface area (Å²) in [6.45, 7) is 0.564. The molecule has 4 aromatic rings. The molecule has 0 aliphatic rings. The Hall–Kier alpha value is -2.78. The van der Waals surface area contributed by atoms with Crippen LogP contribution < -0.4 is 4.72 Å². The third-order valence-corrected chi connectivity index (χ3v) is 5.57.